The van der Waals surface area contributed by atoms with E-state index in [1.807, 2.05) is 0 Å². The summed E-state index contributed by atoms with van der Waals surface area (Å²) in [5, 5.41) is 6.05. The molecule has 0 radical (unpaired) electrons. The van der Waals surface area contributed by atoms with Gasteiger partial charge in [-0.15, -0.1) is 0 Å². The number of carbonyl (C=O) groups is 1. The maximum absolute atomic E-state index is 10.7. The lowest BCUT2D eigenvalue weighted by atomic mass is 10.0. The van der Waals surface area contributed by atoms with Crippen molar-refractivity contribution in [1.29, 1.82) is 0 Å². The Morgan fingerprint density at radius 3 is 3.00 bits per heavy atom. The summed E-state index contributed by atoms with van der Waals surface area (Å²) in [6.07, 6.45) is 0.885. The minimum atomic E-state index is -0.262. The number of hydrogen-bond donors (Lipinski definition) is 2. The normalized spacial score (nSPS) is 36.9. The highest BCUT2D eigenvalue weighted by Gasteiger charge is 2.31. The average Bonchev–Trinajstić information content (AvgIpc) is 2.55. The first-order valence-electron chi connectivity index (χ1n) is 4.00. The molecule has 0 spiro atoms. The third kappa shape index (κ3) is 1.30. The highest BCUT2D eigenvalue weighted by Crippen LogP contribution is 2.16. The first kappa shape index (κ1) is 6.91. The van der Waals surface area contributed by atoms with Crippen LogP contribution in [0.3, 0.4) is 0 Å². The van der Waals surface area contributed by atoms with Gasteiger partial charge in [0.2, 0.25) is 0 Å². The number of rotatable bonds is 1. The third-order valence-corrected chi connectivity index (χ3v) is 2.36. The Balaban J connectivity index is 1.90. The lowest BCUT2D eigenvalue weighted by Gasteiger charge is -2.13. The van der Waals surface area contributed by atoms with Gasteiger partial charge in [0.05, 0.1) is 6.04 Å². The molecule has 2 rings (SSSR count). The van der Waals surface area contributed by atoms with E-state index in [0.717, 1.165) is 19.5 Å². The zero-order chi connectivity index (χ0) is 7.68. The van der Waals surface area contributed by atoms with Crippen LogP contribution in [0, 0.1) is 5.92 Å². The number of nitrogens with one attached hydrogen (secondary N) is 2. The van der Waals surface area contributed by atoms with Gasteiger partial charge in [-0.1, -0.05) is 0 Å². The van der Waals surface area contributed by atoms with Crippen LogP contribution < -0.4 is 10.6 Å². The fraction of sp³-hybridized carbons (Fsp3) is 0.857. The second-order valence-electron chi connectivity index (χ2n) is 3.10. The molecule has 2 unspecified atom stereocenters. The van der Waals surface area contributed by atoms with E-state index in [-0.39, 0.29) is 12.1 Å². The first-order valence-corrected chi connectivity index (χ1v) is 4.00. The predicted molar refractivity (Wildman–Crippen MR) is 39.2 cm³/mol. The lowest BCUT2D eigenvalue weighted by molar-refractivity contribution is 0.175. The number of hydrogen-bond acceptors (Lipinski definition) is 3. The van der Waals surface area contributed by atoms with Gasteiger partial charge in [0.25, 0.3) is 0 Å². The highest BCUT2D eigenvalue weighted by atomic mass is 16.6. The summed E-state index contributed by atoms with van der Waals surface area (Å²) in [7, 11) is 0. The lowest BCUT2D eigenvalue weighted by Crippen LogP contribution is -2.35. The van der Waals surface area contributed by atoms with Gasteiger partial charge in [-0.3, -0.25) is 0 Å². The molecule has 2 fully saturated rings. The van der Waals surface area contributed by atoms with Crippen LogP contribution in [0.2, 0.25) is 0 Å². The van der Waals surface area contributed by atoms with E-state index in [0.29, 0.717) is 12.5 Å². The zero-order valence-electron chi connectivity index (χ0n) is 6.30. The number of carbonyl (C=O) groups excluding carboxylic acids is 1. The molecule has 2 heterocycles. The Morgan fingerprint density at radius 1 is 1.55 bits per heavy atom. The summed E-state index contributed by atoms with van der Waals surface area (Å²) >= 11 is 0. The Hall–Kier alpha value is -0.770. The smallest absolute Gasteiger partial charge is 0.407 e. The van der Waals surface area contributed by atoms with Crippen LogP contribution in [-0.4, -0.2) is 31.8 Å². The fourth-order valence-electron chi connectivity index (χ4n) is 1.67. The monoisotopic (exact) mass is 156 g/mol. The summed E-state index contributed by atoms with van der Waals surface area (Å²) in [6, 6.07) is 0.248. The van der Waals surface area contributed by atoms with Gasteiger partial charge in [0.1, 0.15) is 6.61 Å². The van der Waals surface area contributed by atoms with Gasteiger partial charge >= 0.3 is 6.09 Å². The van der Waals surface area contributed by atoms with Crippen LogP contribution in [-0.2, 0) is 4.74 Å². The molecule has 0 aromatic heterocycles. The molecule has 2 saturated heterocycles. The van der Waals surface area contributed by atoms with Crippen molar-refractivity contribution in [1.82, 2.24) is 10.6 Å². The predicted octanol–water partition coefficient (Wildman–Crippen LogP) is -0.296. The Morgan fingerprint density at radius 2 is 2.45 bits per heavy atom. The Kier molecular flexibility index (Phi) is 1.69. The molecule has 0 saturated carbocycles. The number of amides is 1. The number of cyclic esters (lactones) is 1. The molecular formula is C7H12N2O2. The van der Waals surface area contributed by atoms with E-state index in [2.05, 4.69) is 10.6 Å². The quantitative estimate of drug-likeness (QED) is 0.548. The molecule has 2 aliphatic rings. The number of ether oxygens (including phenoxy) is 1. The SMILES string of the molecule is O=C1NC(C2CCNC2)CO1. The van der Waals surface area contributed by atoms with Crippen LogP contribution in [0.1, 0.15) is 6.42 Å². The van der Waals surface area contributed by atoms with Crippen molar-refractivity contribution < 1.29 is 9.53 Å². The molecule has 4 heteroatoms. The minimum absolute atomic E-state index is 0.248. The second kappa shape index (κ2) is 2.70. The molecule has 62 valence electrons. The van der Waals surface area contributed by atoms with Crippen molar-refractivity contribution in [2.24, 2.45) is 5.92 Å². The zero-order valence-corrected chi connectivity index (χ0v) is 6.30. The van der Waals surface area contributed by atoms with Crippen molar-refractivity contribution in [3.8, 4) is 0 Å². The van der Waals surface area contributed by atoms with Crippen molar-refractivity contribution in [2.45, 2.75) is 12.5 Å². The molecule has 4 nitrogen and oxygen atoms in total. The van der Waals surface area contributed by atoms with E-state index in [4.69, 9.17) is 4.74 Å². The molecule has 2 atom stereocenters. The van der Waals surface area contributed by atoms with E-state index < -0.39 is 0 Å². The van der Waals surface area contributed by atoms with Crippen molar-refractivity contribution in [3.63, 3.8) is 0 Å². The van der Waals surface area contributed by atoms with E-state index >= 15 is 0 Å². The summed E-state index contributed by atoms with van der Waals surface area (Å²) in [5.41, 5.74) is 0. The second-order valence-corrected chi connectivity index (χ2v) is 3.10. The standard InChI is InChI=1S/C7H12N2O2/c10-7-9-6(4-11-7)5-1-2-8-3-5/h5-6,8H,1-4H2,(H,9,10). The molecule has 0 aliphatic carbocycles. The summed E-state index contributed by atoms with van der Waals surface area (Å²) < 4.78 is 4.80. The van der Waals surface area contributed by atoms with Gasteiger partial charge in [0.15, 0.2) is 0 Å². The molecule has 11 heavy (non-hydrogen) atoms. The maximum Gasteiger partial charge on any atom is 0.407 e. The highest BCUT2D eigenvalue weighted by molar-refractivity contribution is 5.69. The summed E-state index contributed by atoms with van der Waals surface area (Å²) in [5.74, 6) is 0.571. The largest absolute Gasteiger partial charge is 0.447 e. The van der Waals surface area contributed by atoms with Crippen LogP contribution in [0.15, 0.2) is 0 Å². The van der Waals surface area contributed by atoms with E-state index in [1.54, 1.807) is 0 Å². The average molecular weight is 156 g/mol. The Labute approximate surface area is 65.3 Å². The number of alkyl carbamates (subject to hydrolysis) is 1. The van der Waals surface area contributed by atoms with Crippen molar-refractivity contribution in [2.75, 3.05) is 19.7 Å². The van der Waals surface area contributed by atoms with Crippen molar-refractivity contribution in [3.05, 3.63) is 0 Å². The molecular weight excluding hydrogens is 144 g/mol. The van der Waals surface area contributed by atoms with Crippen LogP contribution in [0.4, 0.5) is 4.79 Å². The van der Waals surface area contributed by atoms with Gasteiger partial charge in [-0.05, 0) is 18.9 Å². The van der Waals surface area contributed by atoms with Gasteiger partial charge in [0, 0.05) is 6.54 Å². The molecule has 1 amide bonds. The molecule has 2 aliphatic heterocycles. The molecule has 0 aromatic carbocycles. The molecule has 0 aromatic rings. The fourth-order valence-corrected chi connectivity index (χ4v) is 1.67. The minimum Gasteiger partial charge on any atom is -0.447 e. The van der Waals surface area contributed by atoms with Crippen molar-refractivity contribution >= 4 is 6.09 Å². The van der Waals surface area contributed by atoms with E-state index in [9.17, 15) is 4.79 Å². The first-order chi connectivity index (χ1) is 5.36. The van der Waals surface area contributed by atoms with Gasteiger partial charge < -0.3 is 15.4 Å². The van der Waals surface area contributed by atoms with Crippen LogP contribution in [0.25, 0.3) is 0 Å². The summed E-state index contributed by atoms with van der Waals surface area (Å²) in [6.45, 7) is 2.62. The van der Waals surface area contributed by atoms with E-state index in [1.165, 1.54) is 0 Å². The van der Waals surface area contributed by atoms with Crippen LogP contribution in [0.5, 0.6) is 0 Å². The maximum atomic E-state index is 10.7. The topological polar surface area (TPSA) is 50.4 Å². The third-order valence-electron chi connectivity index (χ3n) is 2.36. The Bertz CT molecular complexity index is 166. The molecule has 0 bridgehead atoms. The summed E-state index contributed by atoms with van der Waals surface area (Å²) in [4.78, 5) is 10.7. The van der Waals surface area contributed by atoms with Gasteiger partial charge in [-0.25, -0.2) is 4.79 Å². The molecule has 2 N–H and O–H groups in total. The van der Waals surface area contributed by atoms with Gasteiger partial charge in [-0.2, -0.15) is 0 Å². The van der Waals surface area contributed by atoms with Crippen LogP contribution >= 0.6 is 0 Å².